The number of carbonyl (C=O) groups excluding carboxylic acids is 2. The highest BCUT2D eigenvalue weighted by Crippen LogP contribution is 2.18. The maximum atomic E-state index is 11.8. The van der Waals surface area contributed by atoms with Gasteiger partial charge in [0, 0.05) is 6.04 Å². The Hall–Kier alpha value is -1.79. The molecule has 7 heteroatoms. The highest BCUT2D eigenvalue weighted by molar-refractivity contribution is 5.90. The van der Waals surface area contributed by atoms with Crippen LogP contribution in [0.3, 0.4) is 0 Å². The molecule has 20 heavy (non-hydrogen) atoms. The van der Waals surface area contributed by atoms with Crippen molar-refractivity contribution in [2.75, 3.05) is 0 Å². The third kappa shape index (κ3) is 4.11. The van der Waals surface area contributed by atoms with Crippen molar-refractivity contribution in [2.45, 2.75) is 64.1 Å². The molecule has 1 rings (SSSR count). The van der Waals surface area contributed by atoms with E-state index in [2.05, 4.69) is 16.0 Å². The second-order valence-electron chi connectivity index (χ2n) is 5.20. The van der Waals surface area contributed by atoms with Crippen LogP contribution in [0.2, 0.25) is 0 Å². The lowest BCUT2D eigenvalue weighted by molar-refractivity contribution is -0.144. The molecule has 1 fully saturated rings. The van der Waals surface area contributed by atoms with Crippen LogP contribution in [0, 0.1) is 0 Å². The molecule has 3 amide bonds. The zero-order valence-electron chi connectivity index (χ0n) is 12.2. The van der Waals surface area contributed by atoms with Gasteiger partial charge in [0.1, 0.15) is 11.6 Å². The van der Waals surface area contributed by atoms with Crippen LogP contribution >= 0.6 is 0 Å². The van der Waals surface area contributed by atoms with E-state index < -0.39 is 23.6 Å². The van der Waals surface area contributed by atoms with E-state index in [1.54, 1.807) is 20.8 Å². The standard InChI is InChI=1S/C13H23N3O4/c1-4-13(5-2,11(18)19)16-12(20)14-8(3)10(17)15-9-6-7-9/h8-9H,4-7H2,1-3H3,(H,15,17)(H,18,19)(H2,14,16,20). The third-order valence-corrected chi connectivity index (χ3v) is 3.63. The van der Waals surface area contributed by atoms with Crippen LogP contribution < -0.4 is 16.0 Å². The van der Waals surface area contributed by atoms with Crippen molar-refractivity contribution in [3.05, 3.63) is 0 Å². The van der Waals surface area contributed by atoms with Crippen LogP contribution in [0.1, 0.15) is 46.5 Å². The highest BCUT2D eigenvalue weighted by Gasteiger charge is 2.37. The van der Waals surface area contributed by atoms with E-state index in [4.69, 9.17) is 0 Å². The highest BCUT2D eigenvalue weighted by atomic mass is 16.4. The quantitative estimate of drug-likeness (QED) is 0.549. The number of carboxylic acid groups (broad SMARTS) is 1. The normalized spacial score (nSPS) is 16.1. The van der Waals surface area contributed by atoms with Gasteiger partial charge in [-0.1, -0.05) is 13.8 Å². The molecule has 4 N–H and O–H groups in total. The molecule has 0 heterocycles. The number of aliphatic carboxylic acids is 1. The molecule has 0 bridgehead atoms. The second-order valence-corrected chi connectivity index (χ2v) is 5.20. The minimum absolute atomic E-state index is 0.221. The van der Waals surface area contributed by atoms with Gasteiger partial charge in [0.25, 0.3) is 0 Å². The lowest BCUT2D eigenvalue weighted by Gasteiger charge is -2.28. The van der Waals surface area contributed by atoms with Crippen molar-refractivity contribution in [1.29, 1.82) is 0 Å². The van der Waals surface area contributed by atoms with Crippen molar-refractivity contribution in [2.24, 2.45) is 0 Å². The molecule has 0 saturated heterocycles. The summed E-state index contributed by atoms with van der Waals surface area (Å²) in [7, 11) is 0. The molecular formula is C13H23N3O4. The van der Waals surface area contributed by atoms with Crippen molar-refractivity contribution < 1.29 is 19.5 Å². The van der Waals surface area contributed by atoms with Gasteiger partial charge in [-0.25, -0.2) is 9.59 Å². The Morgan fingerprint density at radius 2 is 1.80 bits per heavy atom. The molecule has 0 aromatic rings. The number of rotatable bonds is 7. The Bertz CT molecular complexity index is 389. The first-order valence-corrected chi connectivity index (χ1v) is 6.97. The molecule has 0 aromatic heterocycles. The van der Waals surface area contributed by atoms with Crippen molar-refractivity contribution in [1.82, 2.24) is 16.0 Å². The molecule has 0 aliphatic heterocycles. The van der Waals surface area contributed by atoms with Gasteiger partial charge in [0.15, 0.2) is 0 Å². The van der Waals surface area contributed by atoms with E-state index in [0.29, 0.717) is 0 Å². The van der Waals surface area contributed by atoms with Crippen molar-refractivity contribution in [3.8, 4) is 0 Å². The fourth-order valence-electron chi connectivity index (χ4n) is 1.85. The lowest BCUT2D eigenvalue weighted by atomic mass is 9.93. The Labute approximate surface area is 118 Å². The first-order chi connectivity index (χ1) is 9.34. The summed E-state index contributed by atoms with van der Waals surface area (Å²) in [6.45, 7) is 4.96. The van der Waals surface area contributed by atoms with Gasteiger partial charge >= 0.3 is 12.0 Å². The van der Waals surface area contributed by atoms with Crippen LogP contribution in [-0.2, 0) is 9.59 Å². The van der Waals surface area contributed by atoms with Crippen LogP contribution in [0.15, 0.2) is 0 Å². The minimum atomic E-state index is -1.29. The van der Waals surface area contributed by atoms with Crippen molar-refractivity contribution >= 4 is 17.9 Å². The number of nitrogens with one attached hydrogen (secondary N) is 3. The SMILES string of the molecule is CCC(CC)(NC(=O)NC(C)C(=O)NC1CC1)C(=O)O. The minimum Gasteiger partial charge on any atom is -0.480 e. The van der Waals surface area contributed by atoms with Crippen LogP contribution in [-0.4, -0.2) is 40.6 Å². The van der Waals surface area contributed by atoms with Crippen molar-refractivity contribution in [3.63, 3.8) is 0 Å². The second kappa shape index (κ2) is 6.58. The van der Waals surface area contributed by atoms with Crippen LogP contribution in [0.25, 0.3) is 0 Å². The number of hydrogen-bond acceptors (Lipinski definition) is 3. The average Bonchev–Trinajstić information content (AvgIpc) is 3.19. The molecule has 1 unspecified atom stereocenters. The Balaban J connectivity index is 2.52. The molecule has 0 aromatic carbocycles. The smallest absolute Gasteiger partial charge is 0.329 e. The molecule has 1 saturated carbocycles. The Morgan fingerprint density at radius 1 is 1.25 bits per heavy atom. The summed E-state index contributed by atoms with van der Waals surface area (Å²) in [6.07, 6.45) is 2.49. The number of carboxylic acids is 1. The molecule has 1 aliphatic rings. The summed E-state index contributed by atoms with van der Waals surface area (Å²) in [6, 6.07) is -1.12. The van der Waals surface area contributed by atoms with E-state index >= 15 is 0 Å². The molecular weight excluding hydrogens is 262 g/mol. The van der Waals surface area contributed by atoms with E-state index in [0.717, 1.165) is 12.8 Å². The fourth-order valence-corrected chi connectivity index (χ4v) is 1.85. The predicted molar refractivity (Wildman–Crippen MR) is 73.2 cm³/mol. The summed E-state index contributed by atoms with van der Waals surface area (Å²) in [5.41, 5.74) is -1.29. The predicted octanol–water partition coefficient (Wildman–Crippen LogP) is 0.596. The lowest BCUT2D eigenvalue weighted by Crippen LogP contribution is -2.59. The maximum absolute atomic E-state index is 11.8. The molecule has 0 radical (unpaired) electrons. The van der Waals surface area contributed by atoms with E-state index in [1.807, 2.05) is 0 Å². The average molecular weight is 285 g/mol. The van der Waals surface area contributed by atoms with E-state index in [-0.39, 0.29) is 24.8 Å². The molecule has 1 atom stereocenters. The molecule has 0 spiro atoms. The number of urea groups is 1. The zero-order chi connectivity index (χ0) is 15.3. The van der Waals surface area contributed by atoms with Gasteiger partial charge in [0.05, 0.1) is 0 Å². The molecule has 114 valence electrons. The van der Waals surface area contributed by atoms with Gasteiger partial charge < -0.3 is 21.1 Å². The number of amides is 3. The van der Waals surface area contributed by atoms with Gasteiger partial charge in [-0.05, 0) is 32.6 Å². The zero-order valence-corrected chi connectivity index (χ0v) is 12.2. The fraction of sp³-hybridized carbons (Fsp3) is 0.769. The summed E-state index contributed by atoms with van der Waals surface area (Å²) in [4.78, 5) is 34.8. The summed E-state index contributed by atoms with van der Waals surface area (Å²) >= 11 is 0. The van der Waals surface area contributed by atoms with E-state index in [1.165, 1.54) is 0 Å². The summed E-state index contributed by atoms with van der Waals surface area (Å²) in [5, 5.41) is 16.9. The Kier molecular flexibility index (Phi) is 5.35. The first-order valence-electron chi connectivity index (χ1n) is 6.97. The molecule has 1 aliphatic carbocycles. The maximum Gasteiger partial charge on any atom is 0.329 e. The van der Waals surface area contributed by atoms with Gasteiger partial charge in [-0.3, -0.25) is 4.79 Å². The summed E-state index contributed by atoms with van der Waals surface area (Å²) < 4.78 is 0. The number of hydrogen-bond donors (Lipinski definition) is 4. The first kappa shape index (κ1) is 16.3. The Morgan fingerprint density at radius 3 is 2.20 bits per heavy atom. The monoisotopic (exact) mass is 285 g/mol. The molecule has 7 nitrogen and oxygen atoms in total. The number of carbonyl (C=O) groups is 3. The largest absolute Gasteiger partial charge is 0.480 e. The van der Waals surface area contributed by atoms with Gasteiger partial charge in [-0.2, -0.15) is 0 Å². The topological polar surface area (TPSA) is 108 Å². The van der Waals surface area contributed by atoms with Crippen LogP contribution in [0.5, 0.6) is 0 Å². The summed E-state index contributed by atoms with van der Waals surface area (Å²) in [5.74, 6) is -1.33. The third-order valence-electron chi connectivity index (χ3n) is 3.63. The van der Waals surface area contributed by atoms with Crippen LogP contribution in [0.4, 0.5) is 4.79 Å². The van der Waals surface area contributed by atoms with Gasteiger partial charge in [-0.15, -0.1) is 0 Å². The van der Waals surface area contributed by atoms with Gasteiger partial charge in [0.2, 0.25) is 5.91 Å². The van der Waals surface area contributed by atoms with E-state index in [9.17, 15) is 19.5 Å².